The number of aliphatic hydroxyl groups excluding tert-OH is 3. The summed E-state index contributed by atoms with van der Waals surface area (Å²) in [5.41, 5.74) is 0. The van der Waals surface area contributed by atoms with Crippen molar-refractivity contribution in [1.82, 2.24) is 0 Å². The number of carbonyl (C=O) groups excluding carboxylic acids is 2. The summed E-state index contributed by atoms with van der Waals surface area (Å²) >= 11 is 0. The molecule has 1 rings (SSSR count). The summed E-state index contributed by atoms with van der Waals surface area (Å²) in [5.74, 6) is -1.97. The maximum absolute atomic E-state index is 12.7. The van der Waals surface area contributed by atoms with E-state index in [0.29, 0.717) is 12.8 Å². The van der Waals surface area contributed by atoms with E-state index in [1.54, 1.807) is 0 Å². The predicted octanol–water partition coefficient (Wildman–Crippen LogP) is 6.56. The van der Waals surface area contributed by atoms with Gasteiger partial charge in [0.15, 0.2) is 12.4 Å². The van der Waals surface area contributed by atoms with Gasteiger partial charge in [-0.1, -0.05) is 142 Å². The van der Waals surface area contributed by atoms with Gasteiger partial charge in [-0.3, -0.25) is 14.1 Å². The first-order chi connectivity index (χ1) is 24.0. The summed E-state index contributed by atoms with van der Waals surface area (Å²) in [6.07, 6.45) is 15.9. The van der Waals surface area contributed by atoms with E-state index < -0.39 is 71.2 Å². The number of hydrogen-bond donors (Lipinski definition) is 4. The molecule has 0 amide bonds. The highest BCUT2D eigenvalue weighted by molar-refractivity contribution is 7.85. The van der Waals surface area contributed by atoms with Gasteiger partial charge in [0.05, 0.1) is 6.61 Å². The van der Waals surface area contributed by atoms with Crippen LogP contribution in [0, 0.1) is 0 Å². The molecule has 0 aromatic carbocycles. The molecule has 1 heterocycles. The number of carbonyl (C=O) groups is 2. The van der Waals surface area contributed by atoms with Crippen LogP contribution in [0.1, 0.15) is 168 Å². The van der Waals surface area contributed by atoms with Crippen molar-refractivity contribution in [1.29, 1.82) is 0 Å². The summed E-state index contributed by atoms with van der Waals surface area (Å²) < 4.78 is 53.8. The highest BCUT2D eigenvalue weighted by atomic mass is 32.2. The molecular weight excluding hydrogens is 668 g/mol. The van der Waals surface area contributed by atoms with Crippen LogP contribution in [0.15, 0.2) is 0 Å². The second-order valence-electron chi connectivity index (χ2n) is 14.0. The average Bonchev–Trinajstić information content (AvgIpc) is 3.07. The lowest BCUT2D eigenvalue weighted by Gasteiger charge is -2.40. The minimum absolute atomic E-state index is 0.171. The molecule has 0 radical (unpaired) electrons. The van der Waals surface area contributed by atoms with Gasteiger partial charge >= 0.3 is 11.9 Å². The summed E-state index contributed by atoms with van der Waals surface area (Å²) in [6.45, 7) is 3.72. The molecule has 0 spiro atoms. The Kier molecular flexibility index (Phi) is 27.2. The molecule has 50 heavy (non-hydrogen) atoms. The van der Waals surface area contributed by atoms with Crippen molar-refractivity contribution in [3.63, 3.8) is 0 Å². The van der Waals surface area contributed by atoms with Gasteiger partial charge in [0.25, 0.3) is 10.1 Å². The zero-order valence-corrected chi connectivity index (χ0v) is 31.8. The monoisotopic (exact) mass is 738 g/mol. The lowest BCUT2D eigenvalue weighted by molar-refractivity contribution is -0.297. The van der Waals surface area contributed by atoms with E-state index in [1.807, 2.05) is 0 Å². The Labute approximate surface area is 302 Å². The van der Waals surface area contributed by atoms with Gasteiger partial charge in [0, 0.05) is 12.8 Å². The number of rotatable bonds is 32. The van der Waals surface area contributed by atoms with E-state index in [1.165, 1.54) is 89.9 Å². The van der Waals surface area contributed by atoms with Crippen molar-refractivity contribution in [2.75, 3.05) is 19.0 Å². The minimum atomic E-state index is -4.59. The fraction of sp³-hybridized carbons (Fsp3) is 0.946. The van der Waals surface area contributed by atoms with E-state index in [-0.39, 0.29) is 19.4 Å². The predicted molar refractivity (Wildman–Crippen MR) is 192 cm³/mol. The molecule has 296 valence electrons. The third-order valence-electron chi connectivity index (χ3n) is 9.19. The fourth-order valence-corrected chi connectivity index (χ4v) is 6.78. The normalized spacial score (nSPS) is 21.6. The van der Waals surface area contributed by atoms with Gasteiger partial charge in [-0.2, -0.15) is 8.42 Å². The lowest BCUT2D eigenvalue weighted by Crippen LogP contribution is -2.60. The van der Waals surface area contributed by atoms with Gasteiger partial charge in [0.2, 0.25) is 0 Å². The Morgan fingerprint density at radius 1 is 0.600 bits per heavy atom. The largest absolute Gasteiger partial charge is 0.462 e. The number of ether oxygens (including phenoxy) is 4. The quantitative estimate of drug-likeness (QED) is 0.0332. The molecule has 6 atom stereocenters. The minimum Gasteiger partial charge on any atom is -0.462 e. The topological polar surface area (TPSA) is 186 Å². The van der Waals surface area contributed by atoms with Gasteiger partial charge in [-0.05, 0) is 12.8 Å². The van der Waals surface area contributed by atoms with E-state index in [4.69, 9.17) is 18.9 Å². The van der Waals surface area contributed by atoms with E-state index in [9.17, 15) is 37.9 Å². The fourth-order valence-electron chi connectivity index (χ4n) is 6.09. The van der Waals surface area contributed by atoms with Gasteiger partial charge < -0.3 is 34.3 Å². The molecule has 0 bridgehead atoms. The van der Waals surface area contributed by atoms with E-state index in [0.717, 1.165) is 38.5 Å². The molecule has 0 aromatic heterocycles. The highest BCUT2D eigenvalue weighted by Crippen LogP contribution is 2.24. The number of aliphatic hydroxyl groups is 3. The molecule has 1 aliphatic heterocycles. The van der Waals surface area contributed by atoms with Crippen LogP contribution < -0.4 is 0 Å². The van der Waals surface area contributed by atoms with Crippen LogP contribution in [0.2, 0.25) is 0 Å². The Morgan fingerprint density at radius 3 is 1.46 bits per heavy atom. The molecule has 1 saturated heterocycles. The van der Waals surface area contributed by atoms with E-state index in [2.05, 4.69) is 13.8 Å². The van der Waals surface area contributed by atoms with Crippen LogP contribution in [-0.2, 0) is 38.7 Å². The van der Waals surface area contributed by atoms with Crippen molar-refractivity contribution in [3.05, 3.63) is 0 Å². The second-order valence-corrected chi connectivity index (χ2v) is 15.5. The molecule has 12 nitrogen and oxygen atoms in total. The van der Waals surface area contributed by atoms with Crippen molar-refractivity contribution in [2.24, 2.45) is 0 Å². The zero-order chi connectivity index (χ0) is 37.0. The van der Waals surface area contributed by atoms with Crippen LogP contribution in [0.4, 0.5) is 0 Å². The zero-order valence-electron chi connectivity index (χ0n) is 31.0. The van der Waals surface area contributed by atoms with Crippen molar-refractivity contribution < 1.29 is 56.8 Å². The van der Waals surface area contributed by atoms with Gasteiger partial charge in [-0.25, -0.2) is 0 Å². The molecule has 0 aliphatic carbocycles. The Balaban J connectivity index is 2.52. The first kappa shape index (κ1) is 46.7. The molecule has 1 unspecified atom stereocenters. The third kappa shape index (κ3) is 24.0. The second kappa shape index (κ2) is 29.1. The lowest BCUT2D eigenvalue weighted by atomic mass is 10.00. The maximum atomic E-state index is 12.7. The van der Waals surface area contributed by atoms with Gasteiger partial charge in [-0.15, -0.1) is 0 Å². The summed E-state index contributed by atoms with van der Waals surface area (Å²) in [4.78, 5) is 25.2. The van der Waals surface area contributed by atoms with Crippen molar-refractivity contribution >= 4 is 22.1 Å². The third-order valence-corrected chi connectivity index (χ3v) is 9.94. The average molecular weight is 739 g/mol. The first-order valence-corrected chi connectivity index (χ1v) is 21.2. The van der Waals surface area contributed by atoms with E-state index >= 15 is 0 Å². The van der Waals surface area contributed by atoms with Crippen LogP contribution in [-0.4, -0.2) is 96.0 Å². The summed E-state index contributed by atoms with van der Waals surface area (Å²) in [5, 5.41) is 30.7. The van der Waals surface area contributed by atoms with Crippen molar-refractivity contribution in [2.45, 2.75) is 205 Å². The molecule has 1 aliphatic rings. The standard InChI is InChI=1S/C37H70O12S/c1-3-5-7-9-11-13-15-17-19-21-23-25-32(38)46-27-30(48-33(39)26-24-22-20-18-16-14-12-10-8-6-4-2)28-47-37-36(42)35(41)34(40)31(49-37)29-50(43,44)45/h30-31,34-37,40-42H,3-29H2,1-2H3,(H,43,44,45)/t30?,31-,34-,35+,36-,37+/m1/s1. The van der Waals surface area contributed by atoms with Crippen LogP contribution >= 0.6 is 0 Å². The van der Waals surface area contributed by atoms with Crippen LogP contribution in [0.5, 0.6) is 0 Å². The smallest absolute Gasteiger partial charge is 0.306 e. The number of esters is 2. The molecule has 1 fully saturated rings. The SMILES string of the molecule is CCCCCCCCCCCCCC(=O)OCC(CO[C@H]1O[C@H](CS(=O)(=O)O)[C@@H](O)[C@H](O)[C@H]1O)OC(=O)CCCCCCCCCCCCC. The summed E-state index contributed by atoms with van der Waals surface area (Å²) in [7, 11) is -4.59. The molecule has 13 heteroatoms. The number of unbranched alkanes of at least 4 members (excludes halogenated alkanes) is 20. The highest BCUT2D eigenvalue weighted by Gasteiger charge is 2.46. The number of hydrogen-bond acceptors (Lipinski definition) is 11. The molecule has 0 aromatic rings. The van der Waals surface area contributed by atoms with Crippen LogP contribution in [0.3, 0.4) is 0 Å². The first-order valence-electron chi connectivity index (χ1n) is 19.6. The Bertz CT molecular complexity index is 962. The molecule has 4 N–H and O–H groups in total. The van der Waals surface area contributed by atoms with Crippen molar-refractivity contribution in [3.8, 4) is 0 Å². The van der Waals surface area contributed by atoms with Gasteiger partial charge in [0.1, 0.15) is 36.8 Å². The molecule has 0 saturated carbocycles. The Morgan fingerprint density at radius 2 is 1.02 bits per heavy atom. The molecular formula is C37H70O12S. The summed E-state index contributed by atoms with van der Waals surface area (Å²) in [6, 6.07) is 0. The Hall–Kier alpha value is -1.35. The maximum Gasteiger partial charge on any atom is 0.306 e. The van der Waals surface area contributed by atoms with Crippen LogP contribution in [0.25, 0.3) is 0 Å².